The van der Waals surface area contributed by atoms with Crippen LogP contribution < -0.4 is 10.9 Å². The van der Waals surface area contributed by atoms with Crippen molar-refractivity contribution in [3.63, 3.8) is 0 Å². The lowest BCUT2D eigenvalue weighted by Crippen LogP contribution is -2.17. The number of carbonyl (C=O) groups excluding carboxylic acids is 1. The Morgan fingerprint density at radius 1 is 1.29 bits per heavy atom. The fourth-order valence-corrected chi connectivity index (χ4v) is 4.02. The third-order valence-electron chi connectivity index (χ3n) is 4.44. The van der Waals surface area contributed by atoms with E-state index in [1.54, 1.807) is 10.6 Å². The SMILES string of the molecule is Cc1nc2cc(=O)[nH]n2c(C)c1CC(=O)Nc1nc(-c2ccccc2Cl)cs1. The summed E-state index contributed by atoms with van der Waals surface area (Å²) in [6.07, 6.45) is 0.127. The zero-order valence-electron chi connectivity index (χ0n) is 15.1. The Morgan fingerprint density at radius 3 is 2.86 bits per heavy atom. The molecule has 0 aliphatic carbocycles. The van der Waals surface area contributed by atoms with Gasteiger partial charge in [0.15, 0.2) is 10.8 Å². The van der Waals surface area contributed by atoms with Crippen LogP contribution in [0.25, 0.3) is 16.9 Å². The van der Waals surface area contributed by atoms with E-state index in [4.69, 9.17) is 11.6 Å². The number of amides is 1. The van der Waals surface area contributed by atoms with Crippen molar-refractivity contribution in [3.05, 3.63) is 68.0 Å². The Kier molecular flexibility index (Phi) is 4.74. The van der Waals surface area contributed by atoms with Gasteiger partial charge in [-0.3, -0.25) is 14.7 Å². The van der Waals surface area contributed by atoms with E-state index in [9.17, 15) is 9.59 Å². The van der Waals surface area contributed by atoms with Gasteiger partial charge in [0.1, 0.15) is 0 Å². The highest BCUT2D eigenvalue weighted by Crippen LogP contribution is 2.30. The van der Waals surface area contributed by atoms with Gasteiger partial charge in [-0.15, -0.1) is 11.3 Å². The summed E-state index contributed by atoms with van der Waals surface area (Å²) < 4.78 is 1.59. The van der Waals surface area contributed by atoms with Crippen molar-refractivity contribution < 1.29 is 4.79 Å². The van der Waals surface area contributed by atoms with Gasteiger partial charge < -0.3 is 5.32 Å². The molecule has 0 spiro atoms. The lowest BCUT2D eigenvalue weighted by atomic mass is 10.1. The largest absolute Gasteiger partial charge is 0.302 e. The maximum Gasteiger partial charge on any atom is 0.266 e. The number of aromatic amines is 1. The summed E-state index contributed by atoms with van der Waals surface area (Å²) in [6.45, 7) is 3.67. The molecule has 4 rings (SSSR count). The van der Waals surface area contributed by atoms with Crippen molar-refractivity contribution in [1.82, 2.24) is 19.6 Å². The quantitative estimate of drug-likeness (QED) is 0.534. The predicted octanol–water partition coefficient (Wildman–Crippen LogP) is 3.60. The normalized spacial score (nSPS) is 11.1. The number of halogens is 1. The molecular formula is C19H16ClN5O2S. The lowest BCUT2D eigenvalue weighted by Gasteiger charge is -2.11. The maximum absolute atomic E-state index is 12.6. The number of rotatable bonds is 4. The molecule has 0 radical (unpaired) electrons. The first-order valence-electron chi connectivity index (χ1n) is 8.50. The minimum atomic E-state index is -0.230. The molecule has 0 fully saturated rings. The molecule has 2 N–H and O–H groups in total. The average molecular weight is 414 g/mol. The summed E-state index contributed by atoms with van der Waals surface area (Å²) in [6, 6.07) is 8.85. The smallest absolute Gasteiger partial charge is 0.266 e. The van der Waals surface area contributed by atoms with E-state index in [-0.39, 0.29) is 17.9 Å². The van der Waals surface area contributed by atoms with E-state index < -0.39 is 0 Å². The van der Waals surface area contributed by atoms with Crippen LogP contribution in [0.3, 0.4) is 0 Å². The van der Waals surface area contributed by atoms with E-state index in [1.165, 1.54) is 17.4 Å². The molecule has 28 heavy (non-hydrogen) atoms. The van der Waals surface area contributed by atoms with E-state index in [2.05, 4.69) is 20.4 Å². The number of hydrogen-bond acceptors (Lipinski definition) is 5. The molecule has 0 aliphatic heterocycles. The maximum atomic E-state index is 12.6. The Bertz CT molecular complexity index is 1260. The van der Waals surface area contributed by atoms with Crippen LogP contribution >= 0.6 is 22.9 Å². The van der Waals surface area contributed by atoms with Crippen molar-refractivity contribution in [2.24, 2.45) is 0 Å². The Morgan fingerprint density at radius 2 is 2.07 bits per heavy atom. The Labute approximate surface area is 169 Å². The van der Waals surface area contributed by atoms with Gasteiger partial charge in [0.05, 0.1) is 12.1 Å². The first-order chi connectivity index (χ1) is 13.4. The number of fused-ring (bicyclic) bond motifs is 1. The summed E-state index contributed by atoms with van der Waals surface area (Å²) >= 11 is 7.54. The topological polar surface area (TPSA) is 92.1 Å². The summed E-state index contributed by atoms with van der Waals surface area (Å²) in [5.74, 6) is -0.207. The number of benzene rings is 1. The minimum Gasteiger partial charge on any atom is -0.302 e. The van der Waals surface area contributed by atoms with Gasteiger partial charge in [0.25, 0.3) is 5.56 Å². The second kappa shape index (κ2) is 7.21. The first-order valence-corrected chi connectivity index (χ1v) is 9.76. The van der Waals surface area contributed by atoms with Crippen LogP contribution in [-0.2, 0) is 11.2 Å². The second-order valence-electron chi connectivity index (χ2n) is 6.32. The molecule has 0 saturated heterocycles. The monoisotopic (exact) mass is 413 g/mol. The second-order valence-corrected chi connectivity index (χ2v) is 7.58. The van der Waals surface area contributed by atoms with Gasteiger partial charge >= 0.3 is 0 Å². The van der Waals surface area contributed by atoms with Crippen molar-refractivity contribution in [2.45, 2.75) is 20.3 Å². The highest BCUT2D eigenvalue weighted by Gasteiger charge is 2.16. The van der Waals surface area contributed by atoms with E-state index >= 15 is 0 Å². The summed E-state index contributed by atoms with van der Waals surface area (Å²) in [5, 5.41) is 8.47. The summed E-state index contributed by atoms with van der Waals surface area (Å²) in [5.41, 5.74) is 4.09. The fourth-order valence-electron chi connectivity index (χ4n) is 3.06. The van der Waals surface area contributed by atoms with Crippen LogP contribution in [-0.4, -0.2) is 25.5 Å². The van der Waals surface area contributed by atoms with Crippen molar-refractivity contribution in [3.8, 4) is 11.3 Å². The molecule has 9 heteroatoms. The molecule has 1 amide bonds. The van der Waals surface area contributed by atoms with Crippen LogP contribution in [0.2, 0.25) is 5.02 Å². The molecule has 142 valence electrons. The van der Waals surface area contributed by atoms with E-state index in [1.807, 2.05) is 37.4 Å². The molecule has 0 atom stereocenters. The molecule has 0 saturated carbocycles. The molecule has 0 bridgehead atoms. The number of nitrogens with one attached hydrogen (secondary N) is 2. The number of nitrogens with zero attached hydrogens (tertiary/aromatic N) is 3. The van der Waals surface area contributed by atoms with Gasteiger partial charge in [0, 0.05) is 39.0 Å². The minimum absolute atomic E-state index is 0.127. The van der Waals surface area contributed by atoms with Gasteiger partial charge in [-0.25, -0.2) is 14.5 Å². The zero-order chi connectivity index (χ0) is 19.8. The van der Waals surface area contributed by atoms with Gasteiger partial charge in [-0.05, 0) is 19.9 Å². The zero-order valence-corrected chi connectivity index (χ0v) is 16.7. The highest BCUT2D eigenvalue weighted by molar-refractivity contribution is 7.14. The number of aromatic nitrogens is 4. The number of carbonyl (C=O) groups is 1. The van der Waals surface area contributed by atoms with Gasteiger partial charge in [0.2, 0.25) is 5.91 Å². The Balaban J connectivity index is 1.55. The van der Waals surface area contributed by atoms with Crippen LogP contribution in [0.5, 0.6) is 0 Å². The van der Waals surface area contributed by atoms with Crippen LogP contribution in [0.15, 0.2) is 40.5 Å². The van der Waals surface area contributed by atoms with Gasteiger partial charge in [-0.2, -0.15) is 0 Å². The molecule has 0 aliphatic rings. The first kappa shape index (κ1) is 18.4. The molecule has 3 heterocycles. The molecular weight excluding hydrogens is 398 g/mol. The van der Waals surface area contributed by atoms with Crippen molar-refractivity contribution >= 4 is 39.6 Å². The predicted molar refractivity (Wildman–Crippen MR) is 110 cm³/mol. The van der Waals surface area contributed by atoms with Crippen LogP contribution in [0, 0.1) is 13.8 Å². The van der Waals surface area contributed by atoms with Gasteiger partial charge in [-0.1, -0.05) is 29.8 Å². The van der Waals surface area contributed by atoms with Crippen LogP contribution in [0.4, 0.5) is 5.13 Å². The molecule has 3 aromatic heterocycles. The Hall–Kier alpha value is -2.97. The highest BCUT2D eigenvalue weighted by atomic mass is 35.5. The molecule has 0 unspecified atom stereocenters. The number of hydrogen-bond donors (Lipinski definition) is 2. The third kappa shape index (κ3) is 3.44. The summed E-state index contributed by atoms with van der Waals surface area (Å²) in [7, 11) is 0. The molecule has 1 aromatic carbocycles. The van der Waals surface area contributed by atoms with Crippen LogP contribution in [0.1, 0.15) is 17.0 Å². The standard InChI is InChI=1S/C19H16ClN5O2S/c1-10-13(11(2)25-16(21-10)8-18(27)24-25)7-17(26)23-19-22-15(9-28-19)12-5-3-4-6-14(12)20/h3-6,8-9H,7H2,1-2H3,(H,24,27)(H,22,23,26). The number of H-pyrrole nitrogens is 1. The fraction of sp³-hybridized carbons (Fsp3) is 0.158. The van der Waals surface area contributed by atoms with Crippen molar-refractivity contribution in [2.75, 3.05) is 5.32 Å². The van der Waals surface area contributed by atoms with E-state index in [0.29, 0.717) is 27.2 Å². The number of anilines is 1. The molecule has 7 nitrogen and oxygen atoms in total. The third-order valence-corrected chi connectivity index (χ3v) is 5.53. The number of thiazole rings is 1. The van der Waals surface area contributed by atoms with E-state index in [0.717, 1.165) is 16.8 Å². The number of aryl methyl sites for hydroxylation is 2. The summed E-state index contributed by atoms with van der Waals surface area (Å²) in [4.78, 5) is 33.0. The van der Waals surface area contributed by atoms with Crippen molar-refractivity contribution in [1.29, 1.82) is 0 Å². The lowest BCUT2D eigenvalue weighted by molar-refractivity contribution is -0.115. The average Bonchev–Trinajstić information content (AvgIpc) is 3.25. The molecule has 4 aromatic rings.